The molecule has 0 aromatic heterocycles. The van der Waals surface area contributed by atoms with Crippen molar-refractivity contribution in [3.8, 4) is 0 Å². The van der Waals surface area contributed by atoms with E-state index in [-0.39, 0.29) is 23.8 Å². The van der Waals surface area contributed by atoms with Crippen LogP contribution in [-0.4, -0.2) is 24.1 Å². The molecule has 0 spiro atoms. The number of rotatable bonds is 7. The summed E-state index contributed by atoms with van der Waals surface area (Å²) >= 11 is 0.358. The van der Waals surface area contributed by atoms with E-state index in [0.29, 0.717) is 17.4 Å². The van der Waals surface area contributed by atoms with Crippen LogP contribution in [0.5, 0.6) is 0 Å². The third kappa shape index (κ3) is 6.00. The first-order valence-electron chi connectivity index (χ1n) is 7.19. The number of carbonyl (C=O) groups excluding carboxylic acids is 2. The molecule has 0 heterocycles. The molecule has 0 unspecified atom stereocenters. The average Bonchev–Trinajstić information content (AvgIpc) is 2.55. The predicted molar refractivity (Wildman–Crippen MR) is 90.1 cm³/mol. The first-order valence-corrected chi connectivity index (χ1v) is 8.07. The second kappa shape index (κ2) is 9.02. The van der Waals surface area contributed by atoms with Gasteiger partial charge in [0, 0.05) is 4.90 Å². The lowest BCUT2D eigenvalue weighted by Gasteiger charge is -2.11. The lowest BCUT2D eigenvalue weighted by atomic mass is 10.1. The van der Waals surface area contributed by atoms with E-state index < -0.39 is 11.7 Å². The Balaban J connectivity index is 1.84. The van der Waals surface area contributed by atoms with Gasteiger partial charge in [-0.25, -0.2) is 0 Å². The topological polar surface area (TPSA) is 58.2 Å². The normalized spacial score (nSPS) is 10.5. The van der Waals surface area contributed by atoms with Gasteiger partial charge >= 0.3 is 0 Å². The van der Waals surface area contributed by atoms with Crippen molar-refractivity contribution in [1.82, 2.24) is 5.32 Å². The van der Waals surface area contributed by atoms with Gasteiger partial charge in [0.05, 0.1) is 18.7 Å². The van der Waals surface area contributed by atoms with Crippen LogP contribution in [0.3, 0.4) is 0 Å². The molecular formula is C17H16F2N2O2S. The summed E-state index contributed by atoms with van der Waals surface area (Å²) in [7, 11) is 0. The third-order valence-corrected chi connectivity index (χ3v) is 3.82. The molecular weight excluding hydrogens is 334 g/mol. The van der Waals surface area contributed by atoms with Crippen molar-refractivity contribution >= 4 is 29.3 Å². The first-order chi connectivity index (χ1) is 11.5. The van der Waals surface area contributed by atoms with E-state index in [9.17, 15) is 18.4 Å². The molecule has 0 aliphatic rings. The summed E-state index contributed by atoms with van der Waals surface area (Å²) in [6, 6.07) is 15.4. The number of thioether (sulfide) groups is 1. The van der Waals surface area contributed by atoms with E-state index in [1.165, 1.54) is 12.1 Å². The van der Waals surface area contributed by atoms with Gasteiger partial charge in [-0.05, 0) is 17.7 Å². The molecule has 4 nitrogen and oxygen atoms in total. The number of amides is 2. The second-order valence-electron chi connectivity index (χ2n) is 4.86. The Hall–Kier alpha value is -2.41. The third-order valence-electron chi connectivity index (χ3n) is 3.03. The summed E-state index contributed by atoms with van der Waals surface area (Å²) in [4.78, 5) is 23.9. The van der Waals surface area contributed by atoms with Crippen LogP contribution in [0.4, 0.5) is 14.5 Å². The Morgan fingerprint density at radius 2 is 1.62 bits per heavy atom. The van der Waals surface area contributed by atoms with Gasteiger partial charge < -0.3 is 10.6 Å². The highest BCUT2D eigenvalue weighted by molar-refractivity contribution is 7.99. The summed E-state index contributed by atoms with van der Waals surface area (Å²) in [5.41, 5.74) is 1.14. The number of alkyl halides is 2. The van der Waals surface area contributed by atoms with E-state index in [4.69, 9.17) is 0 Å². The smallest absolute Gasteiger partial charge is 0.288 e. The molecule has 0 fully saturated rings. The van der Waals surface area contributed by atoms with Crippen LogP contribution in [-0.2, 0) is 16.0 Å². The van der Waals surface area contributed by atoms with Crippen molar-refractivity contribution in [1.29, 1.82) is 0 Å². The van der Waals surface area contributed by atoms with Crippen molar-refractivity contribution < 1.29 is 18.4 Å². The lowest BCUT2D eigenvalue weighted by Crippen LogP contribution is -2.33. The van der Waals surface area contributed by atoms with E-state index in [0.717, 1.165) is 5.56 Å². The first kappa shape index (κ1) is 17.9. The number of benzene rings is 2. The fraction of sp³-hybridized carbons (Fsp3) is 0.176. The van der Waals surface area contributed by atoms with Gasteiger partial charge in [-0.2, -0.15) is 8.78 Å². The molecule has 0 saturated heterocycles. The maximum atomic E-state index is 12.5. The van der Waals surface area contributed by atoms with Crippen LogP contribution in [0.2, 0.25) is 0 Å². The average molecular weight is 350 g/mol. The van der Waals surface area contributed by atoms with Gasteiger partial charge in [-0.3, -0.25) is 9.59 Å². The van der Waals surface area contributed by atoms with Crippen LogP contribution in [0.1, 0.15) is 5.56 Å². The Morgan fingerprint density at radius 3 is 2.33 bits per heavy atom. The number of carbonyl (C=O) groups is 2. The maximum absolute atomic E-state index is 12.5. The minimum atomic E-state index is -2.58. The molecule has 2 rings (SSSR count). The van der Waals surface area contributed by atoms with E-state index >= 15 is 0 Å². The van der Waals surface area contributed by atoms with Crippen molar-refractivity contribution in [2.24, 2.45) is 0 Å². The molecule has 2 aromatic rings. The summed E-state index contributed by atoms with van der Waals surface area (Å²) in [6.45, 7) is -0.223. The molecule has 0 atom stereocenters. The maximum Gasteiger partial charge on any atom is 0.288 e. The molecule has 126 valence electrons. The van der Waals surface area contributed by atoms with Crippen LogP contribution < -0.4 is 10.6 Å². The largest absolute Gasteiger partial charge is 0.347 e. The number of hydrogen-bond acceptors (Lipinski definition) is 3. The Kier molecular flexibility index (Phi) is 6.74. The lowest BCUT2D eigenvalue weighted by molar-refractivity contribution is -0.123. The highest BCUT2D eigenvalue weighted by Gasteiger charge is 2.12. The molecule has 0 bridgehead atoms. The minimum absolute atomic E-state index is 0.173. The molecule has 24 heavy (non-hydrogen) atoms. The second-order valence-corrected chi connectivity index (χ2v) is 5.89. The molecule has 2 N–H and O–H groups in total. The van der Waals surface area contributed by atoms with Gasteiger partial charge in [0.2, 0.25) is 11.8 Å². The number of para-hydroxylation sites is 1. The van der Waals surface area contributed by atoms with Gasteiger partial charge in [0.1, 0.15) is 0 Å². The molecule has 0 radical (unpaired) electrons. The van der Waals surface area contributed by atoms with E-state index in [1.54, 1.807) is 12.1 Å². The van der Waals surface area contributed by atoms with Gasteiger partial charge in [-0.1, -0.05) is 54.2 Å². The summed E-state index contributed by atoms with van der Waals surface area (Å²) in [6.07, 6.45) is 0.173. The highest BCUT2D eigenvalue weighted by Crippen LogP contribution is 2.31. The summed E-state index contributed by atoms with van der Waals surface area (Å²) < 4.78 is 25.0. The summed E-state index contributed by atoms with van der Waals surface area (Å²) in [5.74, 6) is -3.33. The molecule has 2 aromatic carbocycles. The quantitative estimate of drug-likeness (QED) is 0.754. The monoisotopic (exact) mass is 350 g/mol. The van der Waals surface area contributed by atoms with Gasteiger partial charge in [-0.15, -0.1) is 0 Å². The van der Waals surface area contributed by atoms with E-state index in [2.05, 4.69) is 10.6 Å². The molecule has 0 saturated carbocycles. The van der Waals surface area contributed by atoms with Crippen LogP contribution in [0.25, 0.3) is 0 Å². The van der Waals surface area contributed by atoms with Crippen molar-refractivity contribution in [2.75, 3.05) is 11.9 Å². The number of anilines is 1. The zero-order valence-corrected chi connectivity index (χ0v) is 13.5. The van der Waals surface area contributed by atoms with Gasteiger partial charge in [0.25, 0.3) is 5.76 Å². The van der Waals surface area contributed by atoms with Crippen molar-refractivity contribution in [3.63, 3.8) is 0 Å². The fourth-order valence-electron chi connectivity index (χ4n) is 1.99. The van der Waals surface area contributed by atoms with Crippen molar-refractivity contribution in [3.05, 3.63) is 60.2 Å². The summed E-state index contributed by atoms with van der Waals surface area (Å²) in [5, 5.41) is 5.03. The van der Waals surface area contributed by atoms with Crippen molar-refractivity contribution in [2.45, 2.75) is 17.1 Å². The zero-order valence-electron chi connectivity index (χ0n) is 12.7. The Labute approximate surface area is 142 Å². The molecule has 0 aliphatic heterocycles. The van der Waals surface area contributed by atoms with Gasteiger partial charge in [0.15, 0.2) is 0 Å². The standard InChI is InChI=1S/C17H16F2N2O2S/c18-17(19)24-14-9-5-4-8-13(14)21-16(23)11-20-15(22)10-12-6-2-1-3-7-12/h1-9,17H,10-11H2,(H,20,22)(H,21,23). The van der Waals surface area contributed by atoms with Crippen LogP contribution >= 0.6 is 11.8 Å². The number of hydrogen-bond donors (Lipinski definition) is 2. The van der Waals surface area contributed by atoms with E-state index in [1.807, 2.05) is 30.3 Å². The molecule has 2 amide bonds. The van der Waals surface area contributed by atoms with Crippen LogP contribution in [0.15, 0.2) is 59.5 Å². The van der Waals surface area contributed by atoms with Crippen LogP contribution in [0, 0.1) is 0 Å². The molecule has 7 heteroatoms. The zero-order chi connectivity index (χ0) is 17.4. The predicted octanol–water partition coefficient (Wildman–Crippen LogP) is 3.30. The minimum Gasteiger partial charge on any atom is -0.347 e. The number of nitrogens with one attached hydrogen (secondary N) is 2. The molecule has 0 aliphatic carbocycles. The number of halogens is 2. The SMILES string of the molecule is O=C(Cc1ccccc1)NCC(=O)Nc1ccccc1SC(F)F. The highest BCUT2D eigenvalue weighted by atomic mass is 32.2. The Morgan fingerprint density at radius 1 is 0.958 bits per heavy atom. The fourth-order valence-corrected chi connectivity index (χ4v) is 2.58. The Bertz CT molecular complexity index is 696.